The third-order valence-electron chi connectivity index (χ3n) is 6.76. The van der Waals surface area contributed by atoms with E-state index in [2.05, 4.69) is 29.1 Å². The highest BCUT2D eigenvalue weighted by Gasteiger charge is 2.22. The van der Waals surface area contributed by atoms with Gasteiger partial charge in [0.1, 0.15) is 5.84 Å². The zero-order valence-corrected chi connectivity index (χ0v) is 21.7. The maximum absolute atomic E-state index is 13.2. The predicted octanol–water partition coefficient (Wildman–Crippen LogP) is 4.32. The zero-order chi connectivity index (χ0) is 26.4. The lowest BCUT2D eigenvalue weighted by Gasteiger charge is -2.31. The summed E-state index contributed by atoms with van der Waals surface area (Å²) in [7, 11) is 0. The van der Waals surface area contributed by atoms with Crippen molar-refractivity contribution in [3.63, 3.8) is 0 Å². The van der Waals surface area contributed by atoms with Gasteiger partial charge in [-0.25, -0.2) is 4.99 Å². The molecule has 2 aliphatic heterocycles. The fourth-order valence-corrected chi connectivity index (χ4v) is 4.81. The normalized spacial score (nSPS) is 15.8. The molecule has 2 aromatic carbocycles. The Bertz CT molecular complexity index is 1170. The van der Waals surface area contributed by atoms with Gasteiger partial charge >= 0.3 is 0 Å². The number of hydrogen-bond donors (Lipinski definition) is 3. The van der Waals surface area contributed by atoms with Gasteiger partial charge in [-0.3, -0.25) is 9.59 Å². The second-order valence-corrected chi connectivity index (χ2v) is 9.73. The summed E-state index contributed by atoms with van der Waals surface area (Å²) in [6, 6.07) is 13.0. The SMILES string of the molecule is CCCN(CCC)C(=O)C1=Cc2ccc(C(=O)Nc3ccc(N4CCC(O)CC4)cc3)cc2N=C(N)C1. The van der Waals surface area contributed by atoms with Crippen LogP contribution in [-0.4, -0.2) is 59.9 Å². The summed E-state index contributed by atoms with van der Waals surface area (Å²) < 4.78 is 0. The highest BCUT2D eigenvalue weighted by Crippen LogP contribution is 2.29. The van der Waals surface area contributed by atoms with Gasteiger partial charge < -0.3 is 26.0 Å². The van der Waals surface area contributed by atoms with Gasteiger partial charge in [-0.2, -0.15) is 0 Å². The molecule has 2 heterocycles. The summed E-state index contributed by atoms with van der Waals surface area (Å²) in [5.41, 5.74) is 10.4. The molecule has 0 saturated carbocycles. The van der Waals surface area contributed by atoms with Crippen LogP contribution in [0.1, 0.15) is 61.9 Å². The standard InChI is InChI=1S/C29H37N5O3/c1-3-13-34(14-4-2)29(37)22-17-20-5-6-21(18-26(20)32-27(30)19-22)28(36)31-23-7-9-24(10-8-23)33-15-11-25(35)12-16-33/h5-10,17-18,25,35H,3-4,11-16,19H2,1-2H3,(H2,30,32)(H,31,36). The minimum atomic E-state index is -0.244. The Hall–Kier alpha value is -3.65. The molecule has 4 rings (SSSR count). The van der Waals surface area contributed by atoms with Gasteiger partial charge in [0.25, 0.3) is 5.91 Å². The van der Waals surface area contributed by atoms with Crippen molar-refractivity contribution in [3.05, 3.63) is 59.2 Å². The molecule has 2 amide bonds. The van der Waals surface area contributed by atoms with Crippen molar-refractivity contribution >= 4 is 40.8 Å². The summed E-state index contributed by atoms with van der Waals surface area (Å²) in [5, 5.41) is 12.7. The molecule has 2 aliphatic rings. The van der Waals surface area contributed by atoms with E-state index in [0.717, 1.165) is 50.0 Å². The smallest absolute Gasteiger partial charge is 0.255 e. The maximum atomic E-state index is 13.2. The number of aliphatic hydroxyl groups excluding tert-OH is 1. The van der Waals surface area contributed by atoms with Gasteiger partial charge in [-0.15, -0.1) is 0 Å². The number of aliphatic hydroxyl groups is 1. The largest absolute Gasteiger partial charge is 0.393 e. The van der Waals surface area contributed by atoms with Gasteiger partial charge in [0.15, 0.2) is 0 Å². The number of benzene rings is 2. The number of nitrogens with two attached hydrogens (primary N) is 1. The summed E-state index contributed by atoms with van der Waals surface area (Å²) in [5.74, 6) is 0.0948. The number of piperidine rings is 1. The summed E-state index contributed by atoms with van der Waals surface area (Å²) in [4.78, 5) is 34.8. The van der Waals surface area contributed by atoms with E-state index in [-0.39, 0.29) is 24.3 Å². The Kier molecular flexibility index (Phi) is 8.61. The van der Waals surface area contributed by atoms with E-state index in [1.807, 2.05) is 41.3 Å². The van der Waals surface area contributed by atoms with E-state index in [9.17, 15) is 14.7 Å². The van der Waals surface area contributed by atoms with Gasteiger partial charge in [-0.05, 0) is 68.2 Å². The minimum absolute atomic E-state index is 0.0132. The number of nitrogens with one attached hydrogen (secondary N) is 1. The average molecular weight is 504 g/mol. The van der Waals surface area contributed by atoms with Crippen LogP contribution in [0.15, 0.2) is 53.0 Å². The summed E-state index contributed by atoms with van der Waals surface area (Å²) in [6.45, 7) is 7.17. The monoisotopic (exact) mass is 503 g/mol. The van der Waals surface area contributed by atoms with E-state index in [4.69, 9.17) is 5.73 Å². The molecule has 0 aliphatic carbocycles. The second kappa shape index (κ2) is 12.1. The first kappa shape index (κ1) is 26.4. The van der Waals surface area contributed by atoms with Crippen molar-refractivity contribution in [2.24, 2.45) is 10.7 Å². The predicted molar refractivity (Wildman–Crippen MR) is 149 cm³/mol. The minimum Gasteiger partial charge on any atom is -0.393 e. The molecule has 196 valence electrons. The molecule has 1 saturated heterocycles. The summed E-state index contributed by atoms with van der Waals surface area (Å²) in [6.07, 6.45) is 5.23. The van der Waals surface area contributed by atoms with Crippen LogP contribution >= 0.6 is 0 Å². The van der Waals surface area contributed by atoms with Crippen LogP contribution in [0.25, 0.3) is 6.08 Å². The van der Waals surface area contributed by atoms with E-state index < -0.39 is 0 Å². The van der Waals surface area contributed by atoms with Gasteiger partial charge in [-0.1, -0.05) is 19.9 Å². The fourth-order valence-electron chi connectivity index (χ4n) is 4.81. The lowest BCUT2D eigenvalue weighted by atomic mass is 10.0. The molecule has 8 nitrogen and oxygen atoms in total. The Morgan fingerprint density at radius 1 is 1.08 bits per heavy atom. The average Bonchev–Trinajstić information content (AvgIpc) is 3.06. The number of aliphatic imine (C=N–C) groups is 1. The lowest BCUT2D eigenvalue weighted by molar-refractivity contribution is -0.127. The Morgan fingerprint density at radius 2 is 1.76 bits per heavy atom. The number of hydrogen-bond acceptors (Lipinski definition) is 6. The van der Waals surface area contributed by atoms with Crippen LogP contribution in [0.2, 0.25) is 0 Å². The molecule has 0 spiro atoms. The maximum Gasteiger partial charge on any atom is 0.255 e. The van der Waals surface area contributed by atoms with Crippen molar-refractivity contribution < 1.29 is 14.7 Å². The van der Waals surface area contributed by atoms with Crippen LogP contribution in [0.4, 0.5) is 17.1 Å². The first-order chi connectivity index (χ1) is 17.9. The molecule has 0 atom stereocenters. The third-order valence-corrected chi connectivity index (χ3v) is 6.76. The quantitative estimate of drug-likeness (QED) is 0.497. The van der Waals surface area contributed by atoms with E-state index in [1.54, 1.807) is 12.1 Å². The first-order valence-corrected chi connectivity index (χ1v) is 13.2. The van der Waals surface area contributed by atoms with Crippen LogP contribution in [0.3, 0.4) is 0 Å². The van der Waals surface area contributed by atoms with E-state index in [1.165, 1.54) is 0 Å². The number of carbonyl (C=O) groups is 2. The van der Waals surface area contributed by atoms with E-state index >= 15 is 0 Å². The topological polar surface area (TPSA) is 111 Å². The highest BCUT2D eigenvalue weighted by atomic mass is 16.3. The Labute approximate surface area is 218 Å². The molecule has 0 bridgehead atoms. The van der Waals surface area contributed by atoms with Gasteiger partial charge in [0, 0.05) is 60.7 Å². The molecule has 0 aromatic heterocycles. The van der Waals surface area contributed by atoms with Crippen molar-refractivity contribution in [1.29, 1.82) is 0 Å². The van der Waals surface area contributed by atoms with Crippen molar-refractivity contribution in [2.75, 3.05) is 36.4 Å². The lowest BCUT2D eigenvalue weighted by Crippen LogP contribution is -2.35. The molecule has 1 fully saturated rings. The number of anilines is 2. The number of rotatable bonds is 8. The van der Waals surface area contributed by atoms with Crippen LogP contribution in [-0.2, 0) is 4.79 Å². The van der Waals surface area contributed by atoms with Crippen molar-refractivity contribution in [3.8, 4) is 0 Å². The Morgan fingerprint density at radius 3 is 2.41 bits per heavy atom. The third kappa shape index (κ3) is 6.57. The molecule has 0 radical (unpaired) electrons. The van der Waals surface area contributed by atoms with Crippen molar-refractivity contribution in [1.82, 2.24) is 4.90 Å². The van der Waals surface area contributed by atoms with Crippen LogP contribution in [0.5, 0.6) is 0 Å². The van der Waals surface area contributed by atoms with Crippen molar-refractivity contribution in [2.45, 2.75) is 52.1 Å². The molecule has 2 aromatic rings. The molecule has 4 N–H and O–H groups in total. The molecule has 8 heteroatoms. The van der Waals surface area contributed by atoms with Gasteiger partial charge in [0.2, 0.25) is 5.91 Å². The Balaban J connectivity index is 1.48. The zero-order valence-electron chi connectivity index (χ0n) is 21.7. The fraction of sp³-hybridized carbons (Fsp3) is 0.414. The van der Waals surface area contributed by atoms with E-state index in [0.29, 0.717) is 41.4 Å². The summed E-state index contributed by atoms with van der Waals surface area (Å²) >= 11 is 0. The molecular weight excluding hydrogens is 466 g/mol. The number of fused-ring (bicyclic) bond motifs is 1. The van der Waals surface area contributed by atoms with Crippen LogP contribution in [0, 0.1) is 0 Å². The molecular formula is C29H37N5O3. The van der Waals surface area contributed by atoms with Gasteiger partial charge in [0.05, 0.1) is 11.8 Å². The number of amides is 2. The number of amidine groups is 1. The second-order valence-electron chi connectivity index (χ2n) is 9.73. The molecule has 37 heavy (non-hydrogen) atoms. The number of carbonyl (C=O) groups excluding carboxylic acids is 2. The van der Waals surface area contributed by atoms with Crippen LogP contribution < -0.4 is 16.0 Å². The number of nitrogens with zero attached hydrogens (tertiary/aromatic N) is 3. The highest BCUT2D eigenvalue weighted by molar-refractivity contribution is 6.08. The first-order valence-electron chi connectivity index (χ1n) is 13.2. The molecule has 0 unspecified atom stereocenters.